The maximum atomic E-state index is 11.7. The highest BCUT2D eigenvalue weighted by Crippen LogP contribution is 2.08. The molecule has 1 rings (SSSR count). The number of carboxylic acids is 1. The second kappa shape index (κ2) is 7.88. The SMILES string of the molecule is COC(=O)c1ccc(CN(C)C(=O)NCCC(=O)O)cc1. The second-order valence-corrected chi connectivity index (χ2v) is 4.42. The third-order valence-electron chi connectivity index (χ3n) is 2.76. The molecule has 21 heavy (non-hydrogen) atoms. The topological polar surface area (TPSA) is 95.9 Å². The minimum Gasteiger partial charge on any atom is -0.481 e. The van der Waals surface area contributed by atoms with E-state index >= 15 is 0 Å². The Morgan fingerprint density at radius 3 is 2.38 bits per heavy atom. The molecule has 7 heteroatoms. The van der Waals surface area contributed by atoms with Gasteiger partial charge in [-0.1, -0.05) is 12.1 Å². The van der Waals surface area contributed by atoms with Crippen LogP contribution in [-0.4, -0.2) is 48.7 Å². The molecule has 0 aliphatic rings. The summed E-state index contributed by atoms with van der Waals surface area (Å²) in [6.07, 6.45) is -0.118. The maximum absolute atomic E-state index is 11.7. The van der Waals surface area contributed by atoms with Crippen molar-refractivity contribution in [3.05, 3.63) is 35.4 Å². The van der Waals surface area contributed by atoms with Crippen molar-refractivity contribution in [2.75, 3.05) is 20.7 Å². The average molecular weight is 294 g/mol. The molecule has 0 aromatic heterocycles. The van der Waals surface area contributed by atoms with Gasteiger partial charge in [0, 0.05) is 20.1 Å². The predicted octanol–water partition coefficient (Wildman–Crippen LogP) is 1.09. The number of methoxy groups -OCH3 is 1. The summed E-state index contributed by atoms with van der Waals surface area (Å²) in [7, 11) is 2.91. The van der Waals surface area contributed by atoms with Crippen molar-refractivity contribution in [2.24, 2.45) is 0 Å². The van der Waals surface area contributed by atoms with E-state index in [1.54, 1.807) is 31.3 Å². The first-order valence-electron chi connectivity index (χ1n) is 6.32. The van der Waals surface area contributed by atoms with Crippen molar-refractivity contribution in [2.45, 2.75) is 13.0 Å². The van der Waals surface area contributed by atoms with E-state index in [1.165, 1.54) is 12.0 Å². The molecule has 0 saturated carbocycles. The molecular weight excluding hydrogens is 276 g/mol. The summed E-state index contributed by atoms with van der Waals surface area (Å²) in [5, 5.41) is 11.0. The van der Waals surface area contributed by atoms with Crippen molar-refractivity contribution >= 4 is 18.0 Å². The zero-order chi connectivity index (χ0) is 15.8. The molecule has 0 aliphatic heterocycles. The lowest BCUT2D eigenvalue weighted by atomic mass is 10.1. The third kappa shape index (κ3) is 5.52. The van der Waals surface area contributed by atoms with Gasteiger partial charge < -0.3 is 20.1 Å². The van der Waals surface area contributed by atoms with Gasteiger partial charge in [-0.2, -0.15) is 0 Å². The number of nitrogens with one attached hydrogen (secondary N) is 1. The first kappa shape index (κ1) is 16.5. The summed E-state index contributed by atoms with van der Waals surface area (Å²) < 4.78 is 4.60. The number of urea groups is 1. The van der Waals surface area contributed by atoms with Gasteiger partial charge in [0.05, 0.1) is 19.1 Å². The number of carbonyl (C=O) groups is 3. The van der Waals surface area contributed by atoms with E-state index in [1.807, 2.05) is 0 Å². The third-order valence-corrected chi connectivity index (χ3v) is 2.76. The van der Waals surface area contributed by atoms with Gasteiger partial charge in [-0.3, -0.25) is 4.79 Å². The number of nitrogens with zero attached hydrogens (tertiary/aromatic N) is 1. The quantitative estimate of drug-likeness (QED) is 0.766. The Bertz CT molecular complexity index is 513. The van der Waals surface area contributed by atoms with Crippen LogP contribution in [0.25, 0.3) is 0 Å². The molecule has 0 saturated heterocycles. The maximum Gasteiger partial charge on any atom is 0.337 e. The molecule has 0 fully saturated rings. The fourth-order valence-electron chi connectivity index (χ4n) is 1.62. The highest BCUT2D eigenvalue weighted by atomic mass is 16.5. The molecule has 0 radical (unpaired) electrons. The molecule has 7 nitrogen and oxygen atoms in total. The number of amides is 2. The van der Waals surface area contributed by atoms with Gasteiger partial charge in [-0.15, -0.1) is 0 Å². The number of esters is 1. The van der Waals surface area contributed by atoms with E-state index in [0.717, 1.165) is 5.56 Å². The van der Waals surface area contributed by atoms with E-state index in [2.05, 4.69) is 10.1 Å². The van der Waals surface area contributed by atoms with Crippen LogP contribution in [0.3, 0.4) is 0 Å². The number of rotatable bonds is 6. The minimum absolute atomic E-state index is 0.0831. The average Bonchev–Trinajstić information content (AvgIpc) is 2.46. The van der Waals surface area contributed by atoms with Crippen LogP contribution in [0.15, 0.2) is 24.3 Å². The van der Waals surface area contributed by atoms with Gasteiger partial charge in [0.15, 0.2) is 0 Å². The molecule has 0 atom stereocenters. The van der Waals surface area contributed by atoms with Crippen molar-refractivity contribution in [3.8, 4) is 0 Å². The summed E-state index contributed by atoms with van der Waals surface area (Å²) in [4.78, 5) is 34.8. The van der Waals surface area contributed by atoms with Gasteiger partial charge in [-0.05, 0) is 17.7 Å². The van der Waals surface area contributed by atoms with Crippen LogP contribution in [0.2, 0.25) is 0 Å². The molecule has 0 bridgehead atoms. The number of hydrogen-bond acceptors (Lipinski definition) is 4. The molecule has 2 N–H and O–H groups in total. The van der Waals surface area contributed by atoms with Crippen molar-refractivity contribution in [1.82, 2.24) is 10.2 Å². The molecule has 0 spiro atoms. The van der Waals surface area contributed by atoms with Crippen LogP contribution in [0, 0.1) is 0 Å². The number of carboxylic acid groups (broad SMARTS) is 1. The van der Waals surface area contributed by atoms with Gasteiger partial charge >= 0.3 is 18.0 Å². The summed E-state index contributed by atoms with van der Waals surface area (Å²) in [5.41, 5.74) is 1.29. The summed E-state index contributed by atoms with van der Waals surface area (Å²) in [5.74, 6) is -1.38. The second-order valence-electron chi connectivity index (χ2n) is 4.42. The lowest BCUT2D eigenvalue weighted by Crippen LogP contribution is -2.37. The first-order valence-corrected chi connectivity index (χ1v) is 6.32. The number of carbonyl (C=O) groups excluding carboxylic acids is 2. The molecule has 1 aromatic rings. The van der Waals surface area contributed by atoms with E-state index in [4.69, 9.17) is 5.11 Å². The summed E-state index contributed by atoms with van der Waals surface area (Å²) in [6.45, 7) is 0.431. The van der Waals surface area contributed by atoms with Gasteiger partial charge in [0.2, 0.25) is 0 Å². The summed E-state index contributed by atoms with van der Waals surface area (Å²) >= 11 is 0. The highest BCUT2D eigenvalue weighted by molar-refractivity contribution is 5.89. The fraction of sp³-hybridized carbons (Fsp3) is 0.357. The molecule has 114 valence electrons. The molecule has 0 aliphatic carbocycles. The van der Waals surface area contributed by atoms with Crippen molar-refractivity contribution in [1.29, 1.82) is 0 Å². The van der Waals surface area contributed by atoms with Crippen LogP contribution >= 0.6 is 0 Å². The first-order chi connectivity index (χ1) is 9.93. The van der Waals surface area contributed by atoms with Gasteiger partial charge in [0.1, 0.15) is 0 Å². The van der Waals surface area contributed by atoms with E-state index in [0.29, 0.717) is 12.1 Å². The number of benzene rings is 1. The predicted molar refractivity (Wildman–Crippen MR) is 74.9 cm³/mol. The van der Waals surface area contributed by atoms with Crippen molar-refractivity contribution < 1.29 is 24.2 Å². The Balaban J connectivity index is 2.50. The van der Waals surface area contributed by atoms with E-state index in [-0.39, 0.29) is 19.0 Å². The van der Waals surface area contributed by atoms with E-state index < -0.39 is 11.9 Å². The van der Waals surface area contributed by atoms with Gasteiger partial charge in [-0.25, -0.2) is 9.59 Å². The molecule has 1 aromatic carbocycles. The Morgan fingerprint density at radius 2 is 1.86 bits per heavy atom. The Hall–Kier alpha value is -2.57. The number of hydrogen-bond donors (Lipinski definition) is 2. The normalized spacial score (nSPS) is 9.81. The number of aliphatic carboxylic acids is 1. The van der Waals surface area contributed by atoms with Crippen molar-refractivity contribution in [3.63, 3.8) is 0 Å². The molecule has 0 heterocycles. The highest BCUT2D eigenvalue weighted by Gasteiger charge is 2.10. The molecular formula is C14H18N2O5. The number of ether oxygens (including phenoxy) is 1. The zero-order valence-electron chi connectivity index (χ0n) is 12.0. The molecule has 0 unspecified atom stereocenters. The van der Waals surface area contributed by atoms with Crippen LogP contribution in [0.4, 0.5) is 4.79 Å². The lowest BCUT2D eigenvalue weighted by Gasteiger charge is -2.17. The monoisotopic (exact) mass is 294 g/mol. The van der Waals surface area contributed by atoms with Crippen LogP contribution in [0.5, 0.6) is 0 Å². The Kier molecular flexibility index (Phi) is 6.19. The molecule has 2 amide bonds. The Morgan fingerprint density at radius 1 is 1.24 bits per heavy atom. The Labute approximate surface area is 122 Å². The zero-order valence-corrected chi connectivity index (χ0v) is 12.0. The van der Waals surface area contributed by atoms with Crippen LogP contribution in [-0.2, 0) is 16.1 Å². The minimum atomic E-state index is -0.962. The largest absolute Gasteiger partial charge is 0.481 e. The smallest absolute Gasteiger partial charge is 0.337 e. The van der Waals surface area contributed by atoms with Crippen LogP contribution in [0.1, 0.15) is 22.3 Å². The standard InChI is InChI=1S/C14H18N2O5/c1-16(14(20)15-8-7-12(17)18)9-10-3-5-11(6-4-10)13(19)21-2/h3-6H,7-9H2,1-2H3,(H,15,20)(H,17,18). The fourth-order valence-corrected chi connectivity index (χ4v) is 1.62. The van der Waals surface area contributed by atoms with Crippen LogP contribution < -0.4 is 5.32 Å². The summed E-state index contributed by atoms with van der Waals surface area (Å²) in [6, 6.07) is 6.35. The van der Waals surface area contributed by atoms with Gasteiger partial charge in [0.25, 0.3) is 0 Å². The van der Waals surface area contributed by atoms with E-state index in [9.17, 15) is 14.4 Å². The lowest BCUT2D eigenvalue weighted by molar-refractivity contribution is -0.136.